The van der Waals surface area contributed by atoms with Crippen LogP contribution in [-0.2, 0) is 11.2 Å². The number of nitrogens with zero attached hydrogens (tertiary/aromatic N) is 2. The summed E-state index contributed by atoms with van der Waals surface area (Å²) in [4.78, 5) is 16.8. The van der Waals surface area contributed by atoms with Gasteiger partial charge in [0.05, 0.1) is 5.69 Å². The highest BCUT2D eigenvalue weighted by Gasteiger charge is 2.22. The zero-order valence-electron chi connectivity index (χ0n) is 13.5. The SMILES string of the molecule is Cc1nc2ccccn2c1CCC(=O)NC1CCCCC1C. The molecule has 0 radical (unpaired) electrons. The van der Waals surface area contributed by atoms with E-state index in [0.29, 0.717) is 18.4 Å². The normalized spacial score (nSPS) is 21.9. The molecule has 1 N–H and O–H groups in total. The number of carbonyl (C=O) groups excluding carboxylic acids is 1. The van der Waals surface area contributed by atoms with Crippen LogP contribution >= 0.6 is 0 Å². The van der Waals surface area contributed by atoms with Gasteiger partial charge in [0, 0.05) is 24.4 Å². The Morgan fingerprint density at radius 3 is 3.00 bits per heavy atom. The van der Waals surface area contributed by atoms with Crippen LogP contribution in [0.3, 0.4) is 0 Å². The summed E-state index contributed by atoms with van der Waals surface area (Å²) < 4.78 is 2.09. The molecule has 22 heavy (non-hydrogen) atoms. The maximum absolute atomic E-state index is 12.3. The Bertz CT molecular complexity index is 661. The molecule has 2 atom stereocenters. The summed E-state index contributed by atoms with van der Waals surface area (Å²) in [6.07, 6.45) is 8.19. The van der Waals surface area contributed by atoms with Gasteiger partial charge < -0.3 is 9.72 Å². The van der Waals surface area contributed by atoms with Gasteiger partial charge in [0.1, 0.15) is 5.65 Å². The molecule has 1 fully saturated rings. The van der Waals surface area contributed by atoms with Crippen LogP contribution in [0.25, 0.3) is 5.65 Å². The number of pyridine rings is 1. The van der Waals surface area contributed by atoms with Crippen molar-refractivity contribution in [1.29, 1.82) is 0 Å². The van der Waals surface area contributed by atoms with Crippen LogP contribution in [0.5, 0.6) is 0 Å². The molecule has 4 heteroatoms. The summed E-state index contributed by atoms with van der Waals surface area (Å²) in [5.41, 5.74) is 3.11. The number of fused-ring (bicyclic) bond motifs is 1. The number of hydrogen-bond acceptors (Lipinski definition) is 2. The fourth-order valence-corrected chi connectivity index (χ4v) is 3.51. The summed E-state index contributed by atoms with van der Waals surface area (Å²) in [7, 11) is 0. The first kappa shape index (κ1) is 15.1. The second-order valence-corrected chi connectivity index (χ2v) is 6.51. The van der Waals surface area contributed by atoms with E-state index in [0.717, 1.165) is 29.9 Å². The Hall–Kier alpha value is -1.84. The molecule has 4 nitrogen and oxygen atoms in total. The lowest BCUT2D eigenvalue weighted by molar-refractivity contribution is -0.122. The molecule has 3 rings (SSSR count). The number of hydrogen-bond donors (Lipinski definition) is 1. The van der Waals surface area contributed by atoms with E-state index >= 15 is 0 Å². The first-order valence-electron chi connectivity index (χ1n) is 8.37. The van der Waals surface area contributed by atoms with Gasteiger partial charge >= 0.3 is 0 Å². The highest BCUT2D eigenvalue weighted by molar-refractivity contribution is 5.76. The third-order valence-corrected chi connectivity index (χ3v) is 4.88. The molecule has 2 heterocycles. The molecular formula is C18H25N3O. The van der Waals surface area contributed by atoms with Crippen LogP contribution in [0.1, 0.15) is 50.4 Å². The molecule has 0 saturated heterocycles. The molecule has 2 unspecified atom stereocenters. The van der Waals surface area contributed by atoms with Gasteiger partial charge in [-0.25, -0.2) is 4.98 Å². The van der Waals surface area contributed by atoms with Crippen LogP contribution < -0.4 is 5.32 Å². The van der Waals surface area contributed by atoms with Crippen molar-refractivity contribution in [3.05, 3.63) is 35.8 Å². The van der Waals surface area contributed by atoms with E-state index in [1.807, 2.05) is 31.3 Å². The largest absolute Gasteiger partial charge is 0.353 e. The zero-order valence-corrected chi connectivity index (χ0v) is 13.5. The molecule has 0 aliphatic heterocycles. The standard InChI is InChI=1S/C18H25N3O/c1-13-7-3-4-8-15(13)20-18(22)11-10-16-14(2)19-17-9-5-6-12-21(16)17/h5-6,9,12-13,15H,3-4,7-8,10-11H2,1-2H3,(H,20,22). The first-order valence-corrected chi connectivity index (χ1v) is 8.37. The average Bonchev–Trinajstić information content (AvgIpc) is 2.83. The van der Waals surface area contributed by atoms with E-state index in [-0.39, 0.29) is 5.91 Å². The first-order chi connectivity index (χ1) is 10.6. The molecule has 0 bridgehead atoms. The maximum Gasteiger partial charge on any atom is 0.220 e. The quantitative estimate of drug-likeness (QED) is 0.942. The van der Waals surface area contributed by atoms with Crippen LogP contribution in [0.2, 0.25) is 0 Å². The molecule has 118 valence electrons. The maximum atomic E-state index is 12.3. The molecule has 0 spiro atoms. The molecule has 1 saturated carbocycles. The second kappa shape index (κ2) is 6.51. The Morgan fingerprint density at radius 1 is 1.36 bits per heavy atom. The Morgan fingerprint density at radius 2 is 2.18 bits per heavy atom. The minimum atomic E-state index is 0.170. The van der Waals surface area contributed by atoms with Gasteiger partial charge in [0.25, 0.3) is 0 Å². The van der Waals surface area contributed by atoms with Crippen LogP contribution in [0.4, 0.5) is 0 Å². The number of nitrogens with one attached hydrogen (secondary N) is 1. The lowest BCUT2D eigenvalue weighted by atomic mass is 9.86. The number of aryl methyl sites for hydroxylation is 2. The topological polar surface area (TPSA) is 46.4 Å². The van der Waals surface area contributed by atoms with Gasteiger partial charge in [-0.2, -0.15) is 0 Å². The zero-order chi connectivity index (χ0) is 15.5. The van der Waals surface area contributed by atoms with Gasteiger partial charge in [-0.05, 0) is 44.2 Å². The predicted octanol–water partition coefficient (Wildman–Crippen LogP) is 3.27. The number of amides is 1. The van der Waals surface area contributed by atoms with Crippen molar-refractivity contribution in [3.63, 3.8) is 0 Å². The molecular weight excluding hydrogens is 274 g/mol. The number of rotatable bonds is 4. The van der Waals surface area contributed by atoms with Crippen molar-refractivity contribution in [2.24, 2.45) is 5.92 Å². The van der Waals surface area contributed by atoms with E-state index in [9.17, 15) is 4.79 Å². The summed E-state index contributed by atoms with van der Waals surface area (Å²) in [6, 6.07) is 6.36. The fraction of sp³-hybridized carbons (Fsp3) is 0.556. The van der Waals surface area contributed by atoms with E-state index in [2.05, 4.69) is 21.6 Å². The van der Waals surface area contributed by atoms with E-state index in [4.69, 9.17) is 0 Å². The minimum Gasteiger partial charge on any atom is -0.353 e. The smallest absolute Gasteiger partial charge is 0.220 e. The van der Waals surface area contributed by atoms with E-state index in [1.54, 1.807) is 0 Å². The highest BCUT2D eigenvalue weighted by atomic mass is 16.1. The summed E-state index contributed by atoms with van der Waals surface area (Å²) in [5.74, 6) is 0.777. The van der Waals surface area contributed by atoms with Gasteiger partial charge in [-0.1, -0.05) is 25.8 Å². The summed E-state index contributed by atoms with van der Waals surface area (Å²) >= 11 is 0. The van der Waals surface area contributed by atoms with Crippen molar-refractivity contribution in [3.8, 4) is 0 Å². The lowest BCUT2D eigenvalue weighted by Gasteiger charge is -2.29. The molecule has 1 aliphatic carbocycles. The van der Waals surface area contributed by atoms with Crippen molar-refractivity contribution in [2.75, 3.05) is 0 Å². The molecule has 1 amide bonds. The third kappa shape index (κ3) is 3.16. The van der Waals surface area contributed by atoms with E-state index < -0.39 is 0 Å². The Labute approximate surface area is 131 Å². The Kier molecular flexibility index (Phi) is 4.46. The number of imidazole rings is 1. The van der Waals surface area contributed by atoms with Gasteiger partial charge in [-0.3, -0.25) is 4.79 Å². The summed E-state index contributed by atoms with van der Waals surface area (Å²) in [5, 5.41) is 3.23. The molecule has 1 aliphatic rings. The van der Waals surface area contributed by atoms with Crippen LogP contribution in [-0.4, -0.2) is 21.3 Å². The lowest BCUT2D eigenvalue weighted by Crippen LogP contribution is -2.41. The molecule has 2 aromatic heterocycles. The number of aromatic nitrogens is 2. The van der Waals surface area contributed by atoms with Gasteiger partial charge in [0.2, 0.25) is 5.91 Å². The average molecular weight is 299 g/mol. The van der Waals surface area contributed by atoms with Crippen molar-refractivity contribution < 1.29 is 4.79 Å². The third-order valence-electron chi connectivity index (χ3n) is 4.88. The second-order valence-electron chi connectivity index (χ2n) is 6.51. The van der Waals surface area contributed by atoms with Gasteiger partial charge in [-0.15, -0.1) is 0 Å². The predicted molar refractivity (Wildman–Crippen MR) is 87.8 cm³/mol. The fourth-order valence-electron chi connectivity index (χ4n) is 3.51. The van der Waals surface area contributed by atoms with Gasteiger partial charge in [0.15, 0.2) is 0 Å². The van der Waals surface area contributed by atoms with Crippen LogP contribution in [0, 0.1) is 12.8 Å². The minimum absolute atomic E-state index is 0.170. The van der Waals surface area contributed by atoms with Crippen molar-refractivity contribution >= 4 is 11.6 Å². The van der Waals surface area contributed by atoms with Crippen molar-refractivity contribution in [2.45, 2.75) is 58.4 Å². The summed E-state index contributed by atoms with van der Waals surface area (Å²) in [6.45, 7) is 4.27. The van der Waals surface area contributed by atoms with Crippen molar-refractivity contribution in [1.82, 2.24) is 14.7 Å². The van der Waals surface area contributed by atoms with Crippen LogP contribution in [0.15, 0.2) is 24.4 Å². The molecule has 0 aromatic carbocycles. The monoisotopic (exact) mass is 299 g/mol. The Balaban J connectivity index is 1.61. The van der Waals surface area contributed by atoms with E-state index in [1.165, 1.54) is 19.3 Å². The number of carbonyl (C=O) groups is 1. The highest BCUT2D eigenvalue weighted by Crippen LogP contribution is 2.23. The molecule has 2 aromatic rings.